The minimum Gasteiger partial charge on any atom is -0.408 e. The van der Waals surface area contributed by atoms with E-state index in [-0.39, 0.29) is 18.3 Å². The summed E-state index contributed by atoms with van der Waals surface area (Å²) in [5.41, 5.74) is 3.09. The van der Waals surface area contributed by atoms with Crippen LogP contribution in [0.5, 0.6) is 0 Å². The van der Waals surface area contributed by atoms with Gasteiger partial charge in [-0.05, 0) is 55.2 Å². The van der Waals surface area contributed by atoms with Gasteiger partial charge in [-0.2, -0.15) is 0 Å². The van der Waals surface area contributed by atoms with E-state index in [0.29, 0.717) is 17.6 Å². The highest BCUT2D eigenvalue weighted by atomic mass is 19.1. The summed E-state index contributed by atoms with van der Waals surface area (Å²) in [7, 11) is 0. The van der Waals surface area contributed by atoms with Crippen LogP contribution in [0.4, 0.5) is 4.39 Å². The van der Waals surface area contributed by atoms with Crippen molar-refractivity contribution in [3.63, 3.8) is 0 Å². The summed E-state index contributed by atoms with van der Waals surface area (Å²) in [6, 6.07) is 11.7. The van der Waals surface area contributed by atoms with Crippen molar-refractivity contribution in [3.8, 4) is 0 Å². The highest BCUT2D eigenvalue weighted by Crippen LogP contribution is 2.14. The number of amides is 1. The molecule has 0 fully saturated rings. The number of nitrogens with one attached hydrogen (secondary N) is 1. The van der Waals surface area contributed by atoms with Gasteiger partial charge in [-0.1, -0.05) is 18.2 Å². The Bertz CT molecular complexity index is 941. The van der Waals surface area contributed by atoms with Crippen molar-refractivity contribution in [2.45, 2.75) is 26.3 Å². The fourth-order valence-electron chi connectivity index (χ4n) is 2.69. The third-order valence-corrected chi connectivity index (χ3v) is 4.00. The molecule has 1 heterocycles. The number of carbonyl (C=O) groups excluding carboxylic acids is 1. The van der Waals surface area contributed by atoms with Crippen LogP contribution in [0.3, 0.4) is 0 Å². The first-order chi connectivity index (χ1) is 12.0. The monoisotopic (exact) mass is 342 g/mol. The number of nitrogens with zero attached hydrogens (tertiary/aromatic N) is 1. The van der Waals surface area contributed by atoms with Crippen LogP contribution in [0, 0.1) is 12.7 Å². The van der Waals surface area contributed by atoms with Gasteiger partial charge in [0.1, 0.15) is 12.4 Å². The minimum absolute atomic E-state index is 0.0775. The molecule has 0 unspecified atom stereocenters. The minimum atomic E-state index is -0.540. The first-order valence-electron chi connectivity index (χ1n) is 8.14. The maximum atomic E-state index is 12.8. The van der Waals surface area contributed by atoms with Gasteiger partial charge in [0.2, 0.25) is 5.91 Å². The molecule has 1 N–H and O–H groups in total. The zero-order chi connectivity index (χ0) is 17.8. The van der Waals surface area contributed by atoms with E-state index in [1.54, 1.807) is 18.2 Å². The fourth-order valence-corrected chi connectivity index (χ4v) is 2.69. The van der Waals surface area contributed by atoms with Gasteiger partial charge in [0.25, 0.3) is 0 Å². The predicted molar refractivity (Wildman–Crippen MR) is 92.9 cm³/mol. The van der Waals surface area contributed by atoms with Crippen molar-refractivity contribution in [1.82, 2.24) is 9.88 Å². The lowest BCUT2D eigenvalue weighted by Crippen LogP contribution is -2.31. The van der Waals surface area contributed by atoms with Gasteiger partial charge >= 0.3 is 5.76 Å². The molecule has 0 saturated carbocycles. The van der Waals surface area contributed by atoms with E-state index in [1.165, 1.54) is 16.7 Å². The third kappa shape index (κ3) is 4.15. The molecule has 0 spiro atoms. The lowest BCUT2D eigenvalue weighted by Gasteiger charge is -2.06. The highest BCUT2D eigenvalue weighted by Gasteiger charge is 2.12. The number of aromatic nitrogens is 1. The number of rotatable bonds is 6. The van der Waals surface area contributed by atoms with Gasteiger partial charge in [0.05, 0.1) is 5.52 Å². The maximum Gasteiger partial charge on any atom is 0.420 e. The largest absolute Gasteiger partial charge is 0.420 e. The van der Waals surface area contributed by atoms with Gasteiger partial charge < -0.3 is 9.73 Å². The molecule has 0 aliphatic rings. The summed E-state index contributed by atoms with van der Waals surface area (Å²) in [5, 5.41) is 2.79. The molecular formula is C19H19FN2O3. The van der Waals surface area contributed by atoms with Crippen LogP contribution in [-0.2, 0) is 17.8 Å². The number of carbonyl (C=O) groups is 1. The summed E-state index contributed by atoms with van der Waals surface area (Å²) in [4.78, 5) is 24.0. The first kappa shape index (κ1) is 17.0. The molecule has 1 amide bonds. The third-order valence-electron chi connectivity index (χ3n) is 4.00. The van der Waals surface area contributed by atoms with Crippen LogP contribution in [0.25, 0.3) is 11.1 Å². The van der Waals surface area contributed by atoms with Gasteiger partial charge in [0.15, 0.2) is 5.58 Å². The molecule has 0 bridgehead atoms. The normalized spacial score (nSPS) is 11.0. The van der Waals surface area contributed by atoms with Crippen molar-refractivity contribution in [2.24, 2.45) is 0 Å². The van der Waals surface area contributed by atoms with Crippen LogP contribution in [0.2, 0.25) is 0 Å². The second-order valence-corrected chi connectivity index (χ2v) is 6.01. The van der Waals surface area contributed by atoms with E-state index in [4.69, 9.17) is 4.42 Å². The quantitative estimate of drug-likeness (QED) is 0.701. The van der Waals surface area contributed by atoms with Crippen LogP contribution in [0.1, 0.15) is 17.5 Å². The Kier molecular flexibility index (Phi) is 4.97. The number of benzene rings is 2. The Hall–Kier alpha value is -2.89. The standard InChI is InChI=1S/C19H19FN2O3/c1-13-4-9-17-16(11-13)22(19(24)25-17)12-18(23)21-10-2-3-14-5-7-15(20)8-6-14/h4-9,11H,2-3,10,12H2,1H3,(H,21,23). The second kappa shape index (κ2) is 7.34. The molecule has 130 valence electrons. The Balaban J connectivity index is 1.54. The maximum absolute atomic E-state index is 12.8. The van der Waals surface area contributed by atoms with Crippen molar-refractivity contribution in [2.75, 3.05) is 6.54 Å². The van der Waals surface area contributed by atoms with Gasteiger partial charge in [0, 0.05) is 6.54 Å². The summed E-state index contributed by atoms with van der Waals surface area (Å²) in [6.45, 7) is 2.32. The molecule has 0 atom stereocenters. The fraction of sp³-hybridized carbons (Fsp3) is 0.263. The Morgan fingerprint density at radius 3 is 2.72 bits per heavy atom. The summed E-state index contributed by atoms with van der Waals surface area (Å²) < 4.78 is 19.3. The van der Waals surface area contributed by atoms with E-state index in [9.17, 15) is 14.0 Å². The SMILES string of the molecule is Cc1ccc2oc(=O)n(CC(=O)NCCCc3ccc(F)cc3)c2c1. The molecule has 3 rings (SSSR count). The summed E-state index contributed by atoms with van der Waals surface area (Å²) in [5.74, 6) is -1.04. The molecule has 1 aromatic heterocycles. The molecule has 6 heteroatoms. The van der Waals surface area contributed by atoms with E-state index in [2.05, 4.69) is 5.32 Å². The number of hydrogen-bond acceptors (Lipinski definition) is 3. The molecule has 2 aromatic carbocycles. The number of aryl methyl sites for hydroxylation is 2. The van der Waals surface area contributed by atoms with Crippen molar-refractivity contribution in [1.29, 1.82) is 0 Å². The number of halogens is 1. The van der Waals surface area contributed by atoms with Crippen LogP contribution in [-0.4, -0.2) is 17.0 Å². The van der Waals surface area contributed by atoms with E-state index in [1.807, 2.05) is 19.1 Å². The Labute approximate surface area is 144 Å². The van der Waals surface area contributed by atoms with E-state index < -0.39 is 5.76 Å². The Morgan fingerprint density at radius 1 is 1.20 bits per heavy atom. The summed E-state index contributed by atoms with van der Waals surface area (Å²) >= 11 is 0. The lowest BCUT2D eigenvalue weighted by molar-refractivity contribution is -0.121. The zero-order valence-electron chi connectivity index (χ0n) is 13.9. The number of fused-ring (bicyclic) bond motifs is 1. The lowest BCUT2D eigenvalue weighted by atomic mass is 10.1. The van der Waals surface area contributed by atoms with Gasteiger partial charge in [-0.25, -0.2) is 9.18 Å². The van der Waals surface area contributed by atoms with Crippen LogP contribution >= 0.6 is 0 Å². The topological polar surface area (TPSA) is 64.2 Å². The predicted octanol–water partition coefficient (Wildman–Crippen LogP) is 2.79. The molecule has 0 radical (unpaired) electrons. The zero-order valence-corrected chi connectivity index (χ0v) is 13.9. The first-order valence-corrected chi connectivity index (χ1v) is 8.14. The van der Waals surface area contributed by atoms with Gasteiger partial charge in [-0.15, -0.1) is 0 Å². The molecule has 0 aliphatic heterocycles. The average Bonchev–Trinajstić information content (AvgIpc) is 2.89. The molecule has 0 saturated heterocycles. The molecule has 0 aliphatic carbocycles. The van der Waals surface area contributed by atoms with E-state index >= 15 is 0 Å². The van der Waals surface area contributed by atoms with Crippen LogP contribution in [0.15, 0.2) is 51.7 Å². The molecule has 25 heavy (non-hydrogen) atoms. The highest BCUT2D eigenvalue weighted by molar-refractivity contribution is 5.79. The van der Waals surface area contributed by atoms with E-state index in [0.717, 1.165) is 24.0 Å². The second-order valence-electron chi connectivity index (χ2n) is 6.01. The van der Waals surface area contributed by atoms with Gasteiger partial charge in [-0.3, -0.25) is 9.36 Å². The molecular weight excluding hydrogens is 323 g/mol. The van der Waals surface area contributed by atoms with Crippen molar-refractivity contribution >= 4 is 17.0 Å². The van der Waals surface area contributed by atoms with Crippen molar-refractivity contribution in [3.05, 3.63) is 70.0 Å². The summed E-state index contributed by atoms with van der Waals surface area (Å²) in [6.07, 6.45) is 1.48. The van der Waals surface area contributed by atoms with Crippen molar-refractivity contribution < 1.29 is 13.6 Å². The molecule has 3 aromatic rings. The molecule has 5 nitrogen and oxygen atoms in total. The number of hydrogen-bond donors (Lipinski definition) is 1. The number of oxazole rings is 1. The smallest absolute Gasteiger partial charge is 0.408 e. The Morgan fingerprint density at radius 2 is 1.96 bits per heavy atom. The van der Waals surface area contributed by atoms with Crippen LogP contribution < -0.4 is 11.1 Å². The average molecular weight is 342 g/mol.